The third-order valence-corrected chi connectivity index (χ3v) is 3.66. The second-order valence-electron chi connectivity index (χ2n) is 5.14. The number of anilines is 2. The molecule has 1 saturated heterocycles. The van der Waals surface area contributed by atoms with E-state index in [1.54, 1.807) is 6.07 Å². The Balaban J connectivity index is 2.17. The van der Waals surface area contributed by atoms with Gasteiger partial charge in [0, 0.05) is 19.3 Å². The van der Waals surface area contributed by atoms with Crippen LogP contribution in [0, 0.1) is 0 Å². The summed E-state index contributed by atoms with van der Waals surface area (Å²) in [7, 11) is 0. The zero-order valence-corrected chi connectivity index (χ0v) is 12.3. The van der Waals surface area contributed by atoms with Crippen LogP contribution in [0.15, 0.2) is 6.07 Å². The molecule has 2 heterocycles. The van der Waals surface area contributed by atoms with Crippen LogP contribution in [0.2, 0.25) is 0 Å². The van der Waals surface area contributed by atoms with E-state index in [2.05, 4.69) is 34.6 Å². The molecule has 0 aromatic carbocycles. The molecule has 0 amide bonds. The van der Waals surface area contributed by atoms with Gasteiger partial charge in [0.05, 0.1) is 11.6 Å². The first-order valence-electron chi connectivity index (χ1n) is 6.89. The molecule has 0 spiro atoms. The minimum absolute atomic E-state index is 0.127. The van der Waals surface area contributed by atoms with Gasteiger partial charge in [-0.25, -0.2) is 15.8 Å². The summed E-state index contributed by atoms with van der Waals surface area (Å²) in [6.07, 6.45) is 1.06. The number of ether oxygens (including phenoxy) is 2. The quantitative estimate of drug-likeness (QED) is 0.534. The Labute approximate surface area is 119 Å². The fourth-order valence-corrected chi connectivity index (χ4v) is 2.18. The summed E-state index contributed by atoms with van der Waals surface area (Å²) in [6.45, 7) is 7.86. The number of nitrogen functional groups attached to an aromatic ring is 1. The second kappa shape index (κ2) is 6.34. The molecular formula is C13H23N5O2. The van der Waals surface area contributed by atoms with E-state index >= 15 is 0 Å². The molecule has 0 saturated carbocycles. The summed E-state index contributed by atoms with van der Waals surface area (Å²) in [6, 6.07) is 1.78. The van der Waals surface area contributed by atoms with Gasteiger partial charge in [0.15, 0.2) is 5.82 Å². The summed E-state index contributed by atoms with van der Waals surface area (Å²) < 4.78 is 11.0. The smallest absolute Gasteiger partial charge is 0.158 e. The highest BCUT2D eigenvalue weighted by Crippen LogP contribution is 2.29. The Bertz CT molecular complexity index is 456. The van der Waals surface area contributed by atoms with E-state index in [1.165, 1.54) is 0 Å². The van der Waals surface area contributed by atoms with Crippen LogP contribution in [0.4, 0.5) is 11.6 Å². The molecule has 7 nitrogen and oxygen atoms in total. The Morgan fingerprint density at radius 3 is 2.85 bits per heavy atom. The number of aromatic nitrogens is 2. The lowest BCUT2D eigenvalue weighted by molar-refractivity contribution is 0.105. The first-order valence-corrected chi connectivity index (χ1v) is 6.89. The van der Waals surface area contributed by atoms with Crippen LogP contribution in [0.25, 0.3) is 0 Å². The minimum Gasteiger partial charge on any atom is -0.376 e. The van der Waals surface area contributed by atoms with Crippen LogP contribution in [0.5, 0.6) is 0 Å². The maximum Gasteiger partial charge on any atom is 0.158 e. The number of nitrogens with one attached hydrogen (secondary N) is 2. The lowest BCUT2D eigenvalue weighted by Crippen LogP contribution is -2.41. The third-order valence-electron chi connectivity index (χ3n) is 3.66. The lowest BCUT2D eigenvalue weighted by Gasteiger charge is -2.29. The van der Waals surface area contributed by atoms with E-state index < -0.39 is 0 Å². The van der Waals surface area contributed by atoms with E-state index in [0.29, 0.717) is 24.9 Å². The van der Waals surface area contributed by atoms with Crippen LogP contribution in [-0.2, 0) is 16.1 Å². The third kappa shape index (κ3) is 3.36. The van der Waals surface area contributed by atoms with E-state index in [-0.39, 0.29) is 11.6 Å². The standard InChI is InChI=1S/C13H23N5O2/c1-4-19-8-12-15-10(7-11(16-12)18-14)17-13(3)5-6-20-9(13)2/h7,9H,4-6,8,14H2,1-3H3,(H2,15,16,17,18). The summed E-state index contributed by atoms with van der Waals surface area (Å²) in [4.78, 5) is 8.73. The monoisotopic (exact) mass is 281 g/mol. The van der Waals surface area contributed by atoms with Crippen molar-refractivity contribution >= 4 is 11.6 Å². The molecule has 4 N–H and O–H groups in total. The zero-order valence-electron chi connectivity index (χ0n) is 12.3. The predicted octanol–water partition coefficient (Wildman–Crippen LogP) is 1.28. The van der Waals surface area contributed by atoms with Crippen molar-refractivity contribution < 1.29 is 9.47 Å². The van der Waals surface area contributed by atoms with Crippen molar-refractivity contribution in [2.45, 2.75) is 45.4 Å². The minimum atomic E-state index is -0.136. The van der Waals surface area contributed by atoms with Crippen LogP contribution in [0.3, 0.4) is 0 Å². The Hall–Kier alpha value is -1.44. The number of hydrazine groups is 1. The molecule has 1 aliphatic rings. The summed E-state index contributed by atoms with van der Waals surface area (Å²) in [5.74, 6) is 7.34. The second-order valence-corrected chi connectivity index (χ2v) is 5.14. The summed E-state index contributed by atoms with van der Waals surface area (Å²) >= 11 is 0. The molecule has 112 valence electrons. The first kappa shape index (κ1) is 15.0. The summed E-state index contributed by atoms with van der Waals surface area (Å²) in [5, 5.41) is 3.43. The molecule has 7 heteroatoms. The van der Waals surface area contributed by atoms with Gasteiger partial charge in [-0.1, -0.05) is 0 Å². The van der Waals surface area contributed by atoms with Crippen LogP contribution < -0.4 is 16.6 Å². The molecule has 2 atom stereocenters. The van der Waals surface area contributed by atoms with Crippen LogP contribution >= 0.6 is 0 Å². The summed E-state index contributed by atoms with van der Waals surface area (Å²) in [5.41, 5.74) is 2.42. The van der Waals surface area contributed by atoms with Gasteiger partial charge in [-0.3, -0.25) is 0 Å². The van der Waals surface area contributed by atoms with E-state index in [4.69, 9.17) is 15.3 Å². The molecule has 1 aromatic heterocycles. The molecular weight excluding hydrogens is 258 g/mol. The van der Waals surface area contributed by atoms with Crippen molar-refractivity contribution in [3.8, 4) is 0 Å². The number of nitrogens with zero attached hydrogens (tertiary/aromatic N) is 2. The topological polar surface area (TPSA) is 94.3 Å². The zero-order chi connectivity index (χ0) is 14.6. The largest absolute Gasteiger partial charge is 0.376 e. The van der Waals surface area contributed by atoms with Gasteiger partial charge in [-0.05, 0) is 27.2 Å². The highest BCUT2D eigenvalue weighted by atomic mass is 16.5. The Morgan fingerprint density at radius 2 is 2.25 bits per heavy atom. The molecule has 0 aliphatic carbocycles. The average Bonchev–Trinajstić information content (AvgIpc) is 2.75. The molecule has 0 radical (unpaired) electrons. The number of hydrogen-bond acceptors (Lipinski definition) is 7. The Morgan fingerprint density at radius 1 is 1.50 bits per heavy atom. The highest BCUT2D eigenvalue weighted by Gasteiger charge is 2.37. The van der Waals surface area contributed by atoms with Gasteiger partial charge < -0.3 is 20.2 Å². The van der Waals surface area contributed by atoms with E-state index in [9.17, 15) is 0 Å². The van der Waals surface area contributed by atoms with Crippen molar-refractivity contribution in [2.75, 3.05) is 24.0 Å². The molecule has 0 bridgehead atoms. The van der Waals surface area contributed by atoms with Gasteiger partial charge in [-0.2, -0.15) is 0 Å². The molecule has 2 rings (SSSR count). The van der Waals surface area contributed by atoms with E-state index in [0.717, 1.165) is 18.8 Å². The average molecular weight is 281 g/mol. The molecule has 2 unspecified atom stereocenters. The fourth-order valence-electron chi connectivity index (χ4n) is 2.18. The molecule has 1 aromatic rings. The molecule has 20 heavy (non-hydrogen) atoms. The van der Waals surface area contributed by atoms with Crippen LogP contribution in [0.1, 0.15) is 33.0 Å². The SMILES string of the molecule is CCOCc1nc(NN)cc(NC2(C)CCOC2C)n1. The van der Waals surface area contributed by atoms with Gasteiger partial charge in [0.2, 0.25) is 0 Å². The van der Waals surface area contributed by atoms with Gasteiger partial charge >= 0.3 is 0 Å². The predicted molar refractivity (Wildman–Crippen MR) is 77.2 cm³/mol. The Kier molecular flexibility index (Phi) is 4.74. The lowest BCUT2D eigenvalue weighted by atomic mass is 9.95. The van der Waals surface area contributed by atoms with Crippen molar-refractivity contribution in [1.29, 1.82) is 0 Å². The molecule has 1 aliphatic heterocycles. The normalized spacial score (nSPS) is 25.7. The first-order chi connectivity index (χ1) is 9.57. The van der Waals surface area contributed by atoms with E-state index in [1.807, 2.05) is 6.92 Å². The van der Waals surface area contributed by atoms with Crippen molar-refractivity contribution in [2.24, 2.45) is 5.84 Å². The van der Waals surface area contributed by atoms with Crippen LogP contribution in [-0.4, -0.2) is 34.8 Å². The van der Waals surface area contributed by atoms with Crippen molar-refractivity contribution in [3.05, 3.63) is 11.9 Å². The maximum atomic E-state index is 5.62. The fraction of sp³-hybridized carbons (Fsp3) is 0.692. The van der Waals surface area contributed by atoms with Gasteiger partial charge in [0.25, 0.3) is 0 Å². The van der Waals surface area contributed by atoms with Gasteiger partial charge in [0.1, 0.15) is 18.2 Å². The highest BCUT2D eigenvalue weighted by molar-refractivity contribution is 5.48. The maximum absolute atomic E-state index is 5.62. The number of rotatable bonds is 6. The number of hydrogen-bond donors (Lipinski definition) is 3. The number of nitrogens with two attached hydrogens (primary N) is 1. The van der Waals surface area contributed by atoms with Crippen molar-refractivity contribution in [1.82, 2.24) is 9.97 Å². The van der Waals surface area contributed by atoms with Crippen molar-refractivity contribution in [3.63, 3.8) is 0 Å². The van der Waals surface area contributed by atoms with Gasteiger partial charge in [-0.15, -0.1) is 0 Å². The molecule has 1 fully saturated rings.